The predicted molar refractivity (Wildman–Crippen MR) is 79.8 cm³/mol. The van der Waals surface area contributed by atoms with Gasteiger partial charge in [0, 0.05) is 30.1 Å². The zero-order valence-corrected chi connectivity index (χ0v) is 11.9. The van der Waals surface area contributed by atoms with Crippen LogP contribution in [0, 0.1) is 17.8 Å². The van der Waals surface area contributed by atoms with Gasteiger partial charge in [0.05, 0.1) is 0 Å². The van der Waals surface area contributed by atoms with Crippen LogP contribution in [-0.2, 0) is 6.54 Å². The maximum Gasteiger partial charge on any atom is 0.107 e. The van der Waals surface area contributed by atoms with Crippen LogP contribution in [0.5, 0.6) is 0 Å². The summed E-state index contributed by atoms with van der Waals surface area (Å²) in [5.74, 6) is 6.12. The topological polar surface area (TPSA) is 25.2 Å². The first-order valence-electron chi connectivity index (χ1n) is 6.93. The van der Waals surface area contributed by atoms with E-state index in [2.05, 4.69) is 41.5 Å². The van der Waals surface area contributed by atoms with Crippen molar-refractivity contribution in [2.45, 2.75) is 39.8 Å². The number of nitrogens with zero attached hydrogens (tertiary/aromatic N) is 1. The van der Waals surface area contributed by atoms with Crippen LogP contribution < -0.4 is 0 Å². The van der Waals surface area contributed by atoms with Gasteiger partial charge in [0.25, 0.3) is 0 Å². The van der Waals surface area contributed by atoms with Crippen LogP contribution in [0.1, 0.15) is 39.0 Å². The Labute approximate surface area is 115 Å². The molecule has 100 valence electrons. The predicted octanol–water partition coefficient (Wildman–Crippen LogP) is 3.74. The summed E-state index contributed by atoms with van der Waals surface area (Å²) in [5, 5.41) is 11.7. The third-order valence-corrected chi connectivity index (χ3v) is 3.44. The molecule has 0 aliphatic heterocycles. The average Bonchev–Trinajstić information content (AvgIpc) is 2.82. The molecule has 2 nitrogen and oxygen atoms in total. The summed E-state index contributed by atoms with van der Waals surface area (Å²) >= 11 is 0. The number of hydrogen-bond acceptors (Lipinski definition) is 1. The molecule has 0 aliphatic rings. The van der Waals surface area contributed by atoms with Crippen molar-refractivity contribution in [1.82, 2.24) is 4.57 Å². The van der Waals surface area contributed by atoms with Gasteiger partial charge in [-0.25, -0.2) is 0 Å². The summed E-state index contributed by atoms with van der Waals surface area (Å²) in [6.45, 7) is 6.96. The smallest absolute Gasteiger partial charge is 0.107 e. The molecule has 0 spiro atoms. The van der Waals surface area contributed by atoms with E-state index in [0.717, 1.165) is 18.7 Å². The van der Waals surface area contributed by atoms with E-state index < -0.39 is 6.10 Å². The minimum absolute atomic E-state index is 0.0467. The number of aromatic nitrogens is 1. The van der Waals surface area contributed by atoms with E-state index >= 15 is 0 Å². The van der Waals surface area contributed by atoms with Gasteiger partial charge in [-0.3, -0.25) is 0 Å². The lowest BCUT2D eigenvalue weighted by Gasteiger charge is -2.16. The first-order valence-corrected chi connectivity index (χ1v) is 6.93. The van der Waals surface area contributed by atoms with Crippen molar-refractivity contribution in [2.75, 3.05) is 0 Å². The molecular formula is C17H21NO. The van der Waals surface area contributed by atoms with Crippen LogP contribution in [0.15, 0.2) is 30.3 Å². The van der Waals surface area contributed by atoms with E-state index in [1.54, 1.807) is 0 Å². The Morgan fingerprint density at radius 3 is 2.68 bits per heavy atom. The van der Waals surface area contributed by atoms with E-state index in [1.165, 1.54) is 10.9 Å². The quantitative estimate of drug-likeness (QED) is 0.830. The van der Waals surface area contributed by atoms with Crippen LogP contribution in [0.2, 0.25) is 0 Å². The Bertz CT molecular complexity index is 615. The van der Waals surface area contributed by atoms with Crippen molar-refractivity contribution in [3.63, 3.8) is 0 Å². The monoisotopic (exact) mass is 255 g/mol. The molecule has 1 aromatic carbocycles. The van der Waals surface area contributed by atoms with E-state index in [0.29, 0.717) is 0 Å². The molecule has 2 rings (SSSR count). The van der Waals surface area contributed by atoms with Gasteiger partial charge in [0.2, 0.25) is 0 Å². The Hall–Kier alpha value is -1.72. The van der Waals surface area contributed by atoms with Crippen molar-refractivity contribution >= 4 is 10.9 Å². The molecule has 2 aromatic rings. The first kappa shape index (κ1) is 13.7. The van der Waals surface area contributed by atoms with Crippen molar-refractivity contribution in [3.8, 4) is 11.8 Å². The second-order valence-electron chi connectivity index (χ2n) is 4.78. The molecule has 19 heavy (non-hydrogen) atoms. The van der Waals surface area contributed by atoms with Crippen molar-refractivity contribution in [2.24, 2.45) is 5.92 Å². The minimum Gasteiger partial charge on any atom is -0.386 e. The third-order valence-electron chi connectivity index (χ3n) is 3.44. The number of rotatable bonds is 3. The normalized spacial score (nSPS) is 13.9. The number of para-hydroxylation sites is 1. The summed E-state index contributed by atoms with van der Waals surface area (Å²) in [7, 11) is 0. The fourth-order valence-corrected chi connectivity index (χ4v) is 2.43. The van der Waals surface area contributed by atoms with Crippen LogP contribution in [-0.4, -0.2) is 9.67 Å². The fraction of sp³-hybridized carbons (Fsp3) is 0.412. The van der Waals surface area contributed by atoms with E-state index in [4.69, 9.17) is 0 Å². The average molecular weight is 255 g/mol. The van der Waals surface area contributed by atoms with E-state index in [-0.39, 0.29) is 5.92 Å². The van der Waals surface area contributed by atoms with Gasteiger partial charge in [-0.1, -0.05) is 31.0 Å². The molecule has 1 N–H and O–H groups in total. The zero-order valence-electron chi connectivity index (χ0n) is 11.9. The number of hydrogen-bond donors (Lipinski definition) is 1. The Morgan fingerprint density at radius 2 is 2.00 bits per heavy atom. The maximum absolute atomic E-state index is 10.5. The highest BCUT2D eigenvalue weighted by Gasteiger charge is 2.19. The number of fused-ring (bicyclic) bond motifs is 1. The molecule has 2 heteroatoms. The number of aryl methyl sites for hydroxylation is 1. The van der Waals surface area contributed by atoms with Crippen LogP contribution >= 0.6 is 0 Å². The molecule has 0 radical (unpaired) electrons. The van der Waals surface area contributed by atoms with Gasteiger partial charge >= 0.3 is 0 Å². The Morgan fingerprint density at radius 1 is 1.26 bits per heavy atom. The van der Waals surface area contributed by atoms with Crippen LogP contribution in [0.25, 0.3) is 10.9 Å². The lowest BCUT2D eigenvalue weighted by molar-refractivity contribution is 0.135. The second kappa shape index (κ2) is 5.95. The minimum atomic E-state index is -0.536. The van der Waals surface area contributed by atoms with Crippen molar-refractivity contribution in [1.29, 1.82) is 0 Å². The molecule has 2 atom stereocenters. The largest absolute Gasteiger partial charge is 0.386 e. The summed E-state index contributed by atoms with van der Waals surface area (Å²) in [5.41, 5.74) is 2.14. The zero-order chi connectivity index (χ0) is 13.8. The van der Waals surface area contributed by atoms with Gasteiger partial charge in [-0.2, -0.15) is 0 Å². The molecule has 1 aromatic heterocycles. The second-order valence-corrected chi connectivity index (χ2v) is 4.78. The Balaban J connectivity index is 2.44. The number of aliphatic hydroxyl groups excluding tert-OH is 1. The SMILES string of the molecule is CCC#CC(C)C(O)c1cc2ccccc2n1CC. The van der Waals surface area contributed by atoms with Gasteiger partial charge < -0.3 is 9.67 Å². The molecule has 0 bridgehead atoms. The molecule has 0 saturated carbocycles. The van der Waals surface area contributed by atoms with Gasteiger partial charge in [0.15, 0.2) is 0 Å². The molecule has 0 amide bonds. The molecular weight excluding hydrogens is 234 g/mol. The van der Waals surface area contributed by atoms with Crippen molar-refractivity contribution < 1.29 is 5.11 Å². The summed E-state index contributed by atoms with van der Waals surface area (Å²) in [6.07, 6.45) is 0.291. The summed E-state index contributed by atoms with van der Waals surface area (Å²) in [6, 6.07) is 10.3. The maximum atomic E-state index is 10.5. The highest BCUT2D eigenvalue weighted by atomic mass is 16.3. The highest BCUT2D eigenvalue weighted by Crippen LogP contribution is 2.28. The molecule has 0 saturated heterocycles. The molecule has 0 aliphatic carbocycles. The standard InChI is InChI=1S/C17H21NO/c1-4-6-9-13(3)17(19)16-12-14-10-7-8-11-15(14)18(16)5-2/h7-8,10-13,17,19H,4-5H2,1-3H3. The first-order chi connectivity index (χ1) is 9.19. The van der Waals surface area contributed by atoms with Crippen molar-refractivity contribution in [3.05, 3.63) is 36.0 Å². The molecule has 2 unspecified atom stereocenters. The number of benzene rings is 1. The molecule has 1 heterocycles. The Kier molecular flexibility index (Phi) is 4.29. The van der Waals surface area contributed by atoms with E-state index in [9.17, 15) is 5.11 Å². The highest BCUT2D eigenvalue weighted by molar-refractivity contribution is 5.81. The summed E-state index contributed by atoms with van der Waals surface area (Å²) in [4.78, 5) is 0. The molecule has 0 fully saturated rings. The van der Waals surface area contributed by atoms with Crippen LogP contribution in [0.3, 0.4) is 0 Å². The van der Waals surface area contributed by atoms with Gasteiger partial charge in [0.1, 0.15) is 6.10 Å². The fourth-order valence-electron chi connectivity index (χ4n) is 2.43. The third kappa shape index (κ3) is 2.67. The van der Waals surface area contributed by atoms with Gasteiger partial charge in [-0.05, 0) is 31.4 Å². The lowest BCUT2D eigenvalue weighted by Crippen LogP contribution is -2.12. The number of aliphatic hydroxyl groups is 1. The van der Waals surface area contributed by atoms with Crippen LogP contribution in [0.4, 0.5) is 0 Å². The summed E-state index contributed by atoms with van der Waals surface area (Å²) < 4.78 is 2.17. The lowest BCUT2D eigenvalue weighted by atomic mass is 10.0. The van der Waals surface area contributed by atoms with E-state index in [1.807, 2.05) is 26.0 Å². The van der Waals surface area contributed by atoms with Gasteiger partial charge in [-0.15, -0.1) is 5.92 Å².